The highest BCUT2D eigenvalue weighted by molar-refractivity contribution is 6.30. The number of furan rings is 1. The smallest absolute Gasteiger partial charge is 0.173 e. The number of aromatic nitrogens is 4. The molecule has 1 aromatic carbocycles. The first kappa shape index (κ1) is 20.7. The monoisotopic (exact) mass is 440 g/mol. The maximum atomic E-state index is 6.18. The lowest BCUT2D eigenvalue weighted by Crippen LogP contribution is -2.52. The number of nitrogens with zero attached hydrogens (tertiary/aromatic N) is 6. The van der Waals surface area contributed by atoms with Crippen molar-refractivity contribution in [3.8, 4) is 0 Å². The molecule has 1 atom stereocenters. The highest BCUT2D eigenvalue weighted by atomic mass is 35.5. The van der Waals surface area contributed by atoms with Crippen LogP contribution in [0, 0.1) is 0 Å². The molecule has 7 nitrogen and oxygen atoms in total. The Morgan fingerprint density at radius 1 is 1.00 bits per heavy atom. The molecule has 1 saturated carbocycles. The van der Waals surface area contributed by atoms with Crippen molar-refractivity contribution in [2.24, 2.45) is 0 Å². The number of halogens is 1. The molecule has 0 bridgehead atoms. The Morgan fingerprint density at radius 2 is 1.77 bits per heavy atom. The average molecular weight is 441 g/mol. The van der Waals surface area contributed by atoms with E-state index in [2.05, 4.69) is 37.5 Å². The van der Waals surface area contributed by atoms with E-state index in [-0.39, 0.29) is 6.04 Å². The fourth-order valence-corrected chi connectivity index (χ4v) is 5.17. The van der Waals surface area contributed by atoms with Gasteiger partial charge in [0.05, 0.1) is 12.3 Å². The minimum atomic E-state index is -0.0178. The average Bonchev–Trinajstić information content (AvgIpc) is 3.49. The van der Waals surface area contributed by atoms with Crippen LogP contribution in [-0.2, 0) is 6.54 Å². The normalized spacial score (nSPS) is 20.2. The Balaban J connectivity index is 1.39. The molecule has 2 fully saturated rings. The molecule has 2 aliphatic rings. The van der Waals surface area contributed by atoms with E-state index in [4.69, 9.17) is 16.0 Å². The number of hydrogen-bond donors (Lipinski definition) is 0. The topological polar surface area (TPSA) is 63.2 Å². The summed E-state index contributed by atoms with van der Waals surface area (Å²) in [6.07, 6.45) is 8.53. The lowest BCUT2D eigenvalue weighted by molar-refractivity contribution is 0.0620. The molecule has 0 amide bonds. The van der Waals surface area contributed by atoms with E-state index in [1.165, 1.54) is 32.1 Å². The van der Waals surface area contributed by atoms with Crippen LogP contribution < -0.4 is 0 Å². The van der Waals surface area contributed by atoms with Crippen LogP contribution in [0.25, 0.3) is 0 Å². The van der Waals surface area contributed by atoms with Crippen molar-refractivity contribution in [2.75, 3.05) is 26.2 Å². The lowest BCUT2D eigenvalue weighted by atomic mass is 9.93. The number of rotatable bonds is 6. The molecule has 1 aliphatic heterocycles. The molecule has 1 saturated heterocycles. The minimum Gasteiger partial charge on any atom is -0.467 e. The zero-order valence-corrected chi connectivity index (χ0v) is 18.5. The summed E-state index contributed by atoms with van der Waals surface area (Å²) in [7, 11) is 0. The Labute approximate surface area is 188 Å². The summed E-state index contributed by atoms with van der Waals surface area (Å²) in [5.74, 6) is 1.68. The standard InChI is InChI=1S/C23H29ClN6O/c24-19-10-8-18(9-11-19)22(23-25-26-27-30(23)17-21-7-4-16-31-21)29-14-12-28(13-15-29)20-5-2-1-3-6-20/h4,7-11,16,20,22H,1-3,5-6,12-15,17H2. The van der Waals surface area contributed by atoms with Gasteiger partial charge in [-0.25, -0.2) is 4.68 Å². The molecule has 0 spiro atoms. The number of piperazine rings is 1. The maximum Gasteiger partial charge on any atom is 0.173 e. The first-order valence-electron chi connectivity index (χ1n) is 11.3. The largest absolute Gasteiger partial charge is 0.467 e. The van der Waals surface area contributed by atoms with Crippen LogP contribution in [0.1, 0.15) is 55.3 Å². The molecular weight excluding hydrogens is 412 g/mol. The highest BCUT2D eigenvalue weighted by Gasteiger charge is 2.32. The van der Waals surface area contributed by atoms with Crippen LogP contribution in [0.2, 0.25) is 5.02 Å². The first-order valence-corrected chi connectivity index (χ1v) is 11.7. The second-order valence-corrected chi connectivity index (χ2v) is 9.03. The second kappa shape index (κ2) is 9.51. The maximum absolute atomic E-state index is 6.18. The molecule has 0 radical (unpaired) electrons. The van der Waals surface area contributed by atoms with Crippen molar-refractivity contribution in [1.82, 2.24) is 30.0 Å². The minimum absolute atomic E-state index is 0.0178. The van der Waals surface area contributed by atoms with Gasteiger partial charge in [0.25, 0.3) is 0 Å². The molecule has 2 aromatic heterocycles. The Hall–Kier alpha value is -2.22. The third-order valence-corrected chi connectivity index (χ3v) is 6.93. The predicted octanol–water partition coefficient (Wildman–Crippen LogP) is 4.01. The number of hydrogen-bond acceptors (Lipinski definition) is 6. The van der Waals surface area contributed by atoms with E-state index < -0.39 is 0 Å². The van der Waals surface area contributed by atoms with Gasteiger partial charge in [-0.2, -0.15) is 0 Å². The van der Waals surface area contributed by atoms with Gasteiger partial charge in [0.15, 0.2) is 5.82 Å². The van der Waals surface area contributed by atoms with Crippen molar-refractivity contribution in [1.29, 1.82) is 0 Å². The molecule has 31 heavy (non-hydrogen) atoms. The van der Waals surface area contributed by atoms with Crippen molar-refractivity contribution in [2.45, 2.75) is 50.7 Å². The summed E-state index contributed by atoms with van der Waals surface area (Å²) in [5.41, 5.74) is 1.16. The zero-order valence-electron chi connectivity index (χ0n) is 17.7. The van der Waals surface area contributed by atoms with Gasteiger partial charge < -0.3 is 4.42 Å². The van der Waals surface area contributed by atoms with Crippen molar-refractivity contribution < 1.29 is 4.42 Å². The van der Waals surface area contributed by atoms with Crippen molar-refractivity contribution >= 4 is 11.6 Å². The van der Waals surface area contributed by atoms with Gasteiger partial charge in [-0.1, -0.05) is 43.0 Å². The van der Waals surface area contributed by atoms with Crippen LogP contribution in [0.15, 0.2) is 47.1 Å². The van der Waals surface area contributed by atoms with Gasteiger partial charge in [-0.3, -0.25) is 9.80 Å². The predicted molar refractivity (Wildman–Crippen MR) is 119 cm³/mol. The van der Waals surface area contributed by atoms with Crippen LogP contribution >= 0.6 is 11.6 Å². The molecule has 1 aliphatic carbocycles. The first-order chi connectivity index (χ1) is 15.3. The molecule has 0 N–H and O–H groups in total. The van der Waals surface area contributed by atoms with E-state index >= 15 is 0 Å². The highest BCUT2D eigenvalue weighted by Crippen LogP contribution is 2.31. The van der Waals surface area contributed by atoms with Gasteiger partial charge in [0.1, 0.15) is 12.3 Å². The van der Waals surface area contributed by atoms with E-state index in [1.807, 2.05) is 28.9 Å². The molecule has 1 unspecified atom stereocenters. The SMILES string of the molecule is Clc1ccc(C(c2nnnn2Cc2ccco2)N2CCN(C3CCCCC3)CC2)cc1. The van der Waals surface area contributed by atoms with Gasteiger partial charge in [-0.15, -0.1) is 5.10 Å². The van der Waals surface area contributed by atoms with Crippen LogP contribution in [0.5, 0.6) is 0 Å². The molecule has 3 heterocycles. The fraction of sp³-hybridized carbons (Fsp3) is 0.522. The summed E-state index contributed by atoms with van der Waals surface area (Å²) < 4.78 is 7.39. The third kappa shape index (κ3) is 4.68. The van der Waals surface area contributed by atoms with Crippen LogP contribution in [0.3, 0.4) is 0 Å². The summed E-state index contributed by atoms with van der Waals surface area (Å²) in [6, 6.07) is 12.7. The lowest BCUT2D eigenvalue weighted by Gasteiger charge is -2.43. The Morgan fingerprint density at radius 3 is 2.48 bits per heavy atom. The van der Waals surface area contributed by atoms with Gasteiger partial charge in [-0.05, 0) is 53.1 Å². The van der Waals surface area contributed by atoms with E-state index in [0.29, 0.717) is 6.54 Å². The zero-order chi connectivity index (χ0) is 21.0. The summed E-state index contributed by atoms with van der Waals surface area (Å²) in [4.78, 5) is 5.20. The van der Waals surface area contributed by atoms with Crippen molar-refractivity contribution in [3.05, 3.63) is 64.8 Å². The molecule has 8 heteroatoms. The molecule has 3 aromatic rings. The number of benzene rings is 1. The fourth-order valence-electron chi connectivity index (χ4n) is 5.05. The summed E-state index contributed by atoms with van der Waals surface area (Å²) >= 11 is 6.18. The van der Waals surface area contributed by atoms with Gasteiger partial charge >= 0.3 is 0 Å². The molecule has 164 valence electrons. The Kier molecular flexibility index (Phi) is 6.34. The quantitative estimate of drug-likeness (QED) is 0.577. The van der Waals surface area contributed by atoms with E-state index in [0.717, 1.165) is 54.4 Å². The molecule has 5 rings (SSSR count). The Bertz CT molecular complexity index is 943. The summed E-state index contributed by atoms with van der Waals surface area (Å²) in [6.45, 7) is 4.69. The number of tetrazole rings is 1. The van der Waals surface area contributed by atoms with E-state index in [9.17, 15) is 0 Å². The van der Waals surface area contributed by atoms with Crippen LogP contribution in [-0.4, -0.2) is 62.2 Å². The van der Waals surface area contributed by atoms with Crippen molar-refractivity contribution in [3.63, 3.8) is 0 Å². The van der Waals surface area contributed by atoms with Crippen LogP contribution in [0.4, 0.5) is 0 Å². The van der Waals surface area contributed by atoms with Gasteiger partial charge in [0.2, 0.25) is 0 Å². The van der Waals surface area contributed by atoms with E-state index in [1.54, 1.807) is 6.26 Å². The van der Waals surface area contributed by atoms with Gasteiger partial charge in [0, 0.05) is 37.2 Å². The second-order valence-electron chi connectivity index (χ2n) is 8.59. The third-order valence-electron chi connectivity index (χ3n) is 6.68. The summed E-state index contributed by atoms with van der Waals surface area (Å²) in [5, 5.41) is 13.5. The molecular formula is C23H29ClN6O.